The molecule has 2 atom stereocenters. The Bertz CT molecular complexity index is 859. The molecule has 1 saturated carbocycles. The second-order valence-corrected chi connectivity index (χ2v) is 7.24. The lowest BCUT2D eigenvalue weighted by Gasteiger charge is -2.06. The van der Waals surface area contributed by atoms with Crippen LogP contribution in [0.1, 0.15) is 33.8 Å². The van der Waals surface area contributed by atoms with Crippen molar-refractivity contribution in [2.75, 3.05) is 0 Å². The van der Waals surface area contributed by atoms with Crippen LogP contribution in [0.4, 0.5) is 13.2 Å². The summed E-state index contributed by atoms with van der Waals surface area (Å²) in [4.78, 5) is 20.3. The highest BCUT2D eigenvalue weighted by molar-refractivity contribution is 9.10. The van der Waals surface area contributed by atoms with Gasteiger partial charge in [0.15, 0.2) is 0 Å². The van der Waals surface area contributed by atoms with Gasteiger partial charge in [0.25, 0.3) is 5.91 Å². The Morgan fingerprint density at radius 3 is 2.31 bits per heavy atom. The average Bonchev–Trinajstić information content (AvgIpc) is 3.46. The number of hydroxylamine groups is 1. The van der Waals surface area contributed by atoms with Gasteiger partial charge in [0, 0.05) is 28.5 Å². The molecule has 0 aliphatic heterocycles. The van der Waals surface area contributed by atoms with Crippen molar-refractivity contribution >= 4 is 27.8 Å². The summed E-state index contributed by atoms with van der Waals surface area (Å²) in [7, 11) is 0. The van der Waals surface area contributed by atoms with Crippen molar-refractivity contribution in [1.82, 2.24) is 10.8 Å². The molecule has 0 saturated heterocycles. The van der Waals surface area contributed by atoms with Crippen molar-refractivity contribution in [3.05, 3.63) is 69.7 Å². The average molecular weight is 475 g/mol. The molecular weight excluding hydrogens is 457 g/mol. The second kappa shape index (κ2) is 9.86. The SMILES string of the molecule is O=C(NO)c1cccc(CNC2CC2c2ccc(Br)cc2)c1.O=C(O)C(F)(F)F. The number of amides is 1. The summed E-state index contributed by atoms with van der Waals surface area (Å²) in [6.07, 6.45) is -3.95. The van der Waals surface area contributed by atoms with Crippen molar-refractivity contribution in [2.45, 2.75) is 31.1 Å². The van der Waals surface area contributed by atoms with E-state index in [-0.39, 0.29) is 0 Å². The minimum atomic E-state index is -5.08. The number of carboxylic acid groups (broad SMARTS) is 1. The third kappa shape index (κ3) is 7.15. The molecule has 3 rings (SSSR count). The van der Waals surface area contributed by atoms with Crippen LogP contribution in [-0.2, 0) is 11.3 Å². The number of hydrogen-bond acceptors (Lipinski definition) is 4. The maximum absolute atomic E-state index is 11.4. The minimum Gasteiger partial charge on any atom is -0.475 e. The summed E-state index contributed by atoms with van der Waals surface area (Å²) >= 11 is 3.45. The van der Waals surface area contributed by atoms with E-state index in [0.29, 0.717) is 24.1 Å². The van der Waals surface area contributed by atoms with E-state index in [1.54, 1.807) is 17.6 Å². The van der Waals surface area contributed by atoms with Gasteiger partial charge in [0.1, 0.15) is 0 Å². The van der Waals surface area contributed by atoms with Gasteiger partial charge >= 0.3 is 12.1 Å². The van der Waals surface area contributed by atoms with Gasteiger partial charge in [0.2, 0.25) is 0 Å². The first-order valence-electron chi connectivity index (χ1n) is 8.44. The van der Waals surface area contributed by atoms with Gasteiger partial charge in [-0.3, -0.25) is 10.0 Å². The number of carboxylic acids is 1. The number of carbonyl (C=O) groups excluding carboxylic acids is 1. The first-order chi connectivity index (χ1) is 13.6. The second-order valence-electron chi connectivity index (χ2n) is 6.33. The van der Waals surface area contributed by atoms with Crippen molar-refractivity contribution in [3.8, 4) is 0 Å². The summed E-state index contributed by atoms with van der Waals surface area (Å²) in [5, 5.41) is 19.3. The highest BCUT2D eigenvalue weighted by Crippen LogP contribution is 2.41. The van der Waals surface area contributed by atoms with E-state index >= 15 is 0 Å². The van der Waals surface area contributed by atoms with Crippen LogP contribution in [0.2, 0.25) is 0 Å². The summed E-state index contributed by atoms with van der Waals surface area (Å²) in [5.41, 5.74) is 4.50. The predicted molar refractivity (Wildman–Crippen MR) is 102 cm³/mol. The van der Waals surface area contributed by atoms with Gasteiger partial charge in [0.05, 0.1) is 0 Å². The monoisotopic (exact) mass is 474 g/mol. The predicted octanol–water partition coefficient (Wildman–Crippen LogP) is 3.85. The third-order valence-electron chi connectivity index (χ3n) is 4.19. The van der Waals surface area contributed by atoms with Gasteiger partial charge in [-0.1, -0.05) is 40.2 Å². The van der Waals surface area contributed by atoms with Crippen LogP contribution in [-0.4, -0.2) is 34.4 Å². The van der Waals surface area contributed by atoms with E-state index in [4.69, 9.17) is 15.1 Å². The van der Waals surface area contributed by atoms with Crippen LogP contribution < -0.4 is 10.8 Å². The Hall–Kier alpha value is -2.43. The molecule has 2 aromatic carbocycles. The molecule has 10 heteroatoms. The third-order valence-corrected chi connectivity index (χ3v) is 4.72. The summed E-state index contributed by atoms with van der Waals surface area (Å²) < 4.78 is 32.8. The Labute approximate surface area is 172 Å². The summed E-state index contributed by atoms with van der Waals surface area (Å²) in [6, 6.07) is 16.2. The molecule has 0 aromatic heterocycles. The molecular formula is C19H18BrF3N2O4. The Morgan fingerprint density at radius 1 is 1.14 bits per heavy atom. The van der Waals surface area contributed by atoms with Crippen LogP contribution in [0.15, 0.2) is 53.0 Å². The number of carbonyl (C=O) groups is 2. The standard InChI is InChI=1S/C17H17BrN2O2.C2HF3O2/c18-14-6-4-12(5-7-14)15-9-16(15)19-10-11-2-1-3-13(8-11)17(21)20-22;3-2(4,5)1(6)7/h1-8,15-16,19,22H,9-10H2,(H,20,21);(H,6,7). The fourth-order valence-electron chi connectivity index (χ4n) is 2.63. The Kier molecular flexibility index (Phi) is 7.77. The lowest BCUT2D eigenvalue weighted by atomic mass is 10.1. The quantitative estimate of drug-likeness (QED) is 0.389. The summed E-state index contributed by atoms with van der Waals surface area (Å²) in [5.74, 6) is -2.68. The van der Waals surface area contributed by atoms with E-state index in [2.05, 4.69) is 45.5 Å². The molecule has 1 fully saturated rings. The smallest absolute Gasteiger partial charge is 0.475 e. The molecule has 0 bridgehead atoms. The lowest BCUT2D eigenvalue weighted by Crippen LogP contribution is -2.21. The van der Waals surface area contributed by atoms with Gasteiger partial charge < -0.3 is 10.4 Å². The molecule has 1 aliphatic rings. The van der Waals surface area contributed by atoms with Gasteiger partial charge in [-0.05, 0) is 41.8 Å². The maximum Gasteiger partial charge on any atom is 0.490 e. The molecule has 4 N–H and O–H groups in total. The number of halogens is 4. The molecule has 1 amide bonds. The highest BCUT2D eigenvalue weighted by atomic mass is 79.9. The molecule has 2 aromatic rings. The van der Waals surface area contributed by atoms with Crippen LogP contribution in [0, 0.1) is 0 Å². The van der Waals surface area contributed by atoms with E-state index in [1.807, 2.05) is 12.1 Å². The number of benzene rings is 2. The Morgan fingerprint density at radius 2 is 1.76 bits per heavy atom. The van der Waals surface area contributed by atoms with Crippen molar-refractivity contribution in [1.29, 1.82) is 0 Å². The van der Waals surface area contributed by atoms with Gasteiger partial charge in [-0.25, -0.2) is 10.3 Å². The van der Waals surface area contributed by atoms with Crippen molar-refractivity contribution < 1.29 is 33.1 Å². The zero-order valence-electron chi connectivity index (χ0n) is 14.9. The highest BCUT2D eigenvalue weighted by Gasteiger charge is 2.38. The molecule has 156 valence electrons. The molecule has 29 heavy (non-hydrogen) atoms. The number of nitrogens with one attached hydrogen (secondary N) is 2. The first-order valence-corrected chi connectivity index (χ1v) is 9.23. The molecule has 2 unspecified atom stereocenters. The van der Waals surface area contributed by atoms with Crippen LogP contribution in [0.25, 0.3) is 0 Å². The van der Waals surface area contributed by atoms with Gasteiger partial charge in [-0.15, -0.1) is 0 Å². The normalized spacial score (nSPS) is 17.7. The van der Waals surface area contributed by atoms with Gasteiger partial charge in [-0.2, -0.15) is 13.2 Å². The largest absolute Gasteiger partial charge is 0.490 e. The number of alkyl halides is 3. The Balaban J connectivity index is 0.000000370. The lowest BCUT2D eigenvalue weighted by molar-refractivity contribution is -0.192. The molecule has 0 spiro atoms. The molecule has 1 aliphatic carbocycles. The fraction of sp³-hybridized carbons (Fsp3) is 0.263. The topological polar surface area (TPSA) is 98.7 Å². The van der Waals surface area contributed by atoms with Crippen molar-refractivity contribution in [3.63, 3.8) is 0 Å². The number of aliphatic carboxylic acids is 1. The van der Waals surface area contributed by atoms with Crippen LogP contribution in [0.5, 0.6) is 0 Å². The van der Waals surface area contributed by atoms with E-state index in [9.17, 15) is 18.0 Å². The van der Waals surface area contributed by atoms with E-state index < -0.39 is 18.1 Å². The van der Waals surface area contributed by atoms with Crippen LogP contribution >= 0.6 is 15.9 Å². The number of hydrogen-bond donors (Lipinski definition) is 4. The van der Waals surface area contributed by atoms with E-state index in [1.165, 1.54) is 5.56 Å². The zero-order chi connectivity index (χ0) is 21.6. The molecule has 6 nitrogen and oxygen atoms in total. The molecule has 0 heterocycles. The maximum atomic E-state index is 11.4. The van der Waals surface area contributed by atoms with Crippen molar-refractivity contribution in [2.24, 2.45) is 0 Å². The minimum absolute atomic E-state index is 0.460. The number of rotatable bonds is 5. The zero-order valence-corrected chi connectivity index (χ0v) is 16.5. The summed E-state index contributed by atoms with van der Waals surface area (Å²) in [6.45, 7) is 0.713. The van der Waals surface area contributed by atoms with E-state index in [0.717, 1.165) is 16.5 Å². The van der Waals surface area contributed by atoms with Crippen LogP contribution in [0.3, 0.4) is 0 Å². The molecule has 0 radical (unpaired) electrons. The fourth-order valence-corrected chi connectivity index (χ4v) is 2.90. The first kappa shape index (κ1) is 22.9.